The van der Waals surface area contributed by atoms with Crippen LogP contribution in [0.5, 0.6) is 11.5 Å². The minimum atomic E-state index is -0.606. The molecule has 0 atom stereocenters. The standard InChI is InChI=1S/C22H19FN6O3/c1-24-21(30)16-9-12-3-2-4-15(19(12)27-16)28-22-25-11-14(23)20(29-22)26-13-5-6-17-18(10-13)32-8-7-31-17/h2-6,9-11,27H,7-8H2,1H3,(H,24,30)(H2,25,26,28,29). The molecule has 1 amide bonds. The molecule has 0 unspecified atom stereocenters. The van der Waals surface area contributed by atoms with Crippen LogP contribution >= 0.6 is 0 Å². The maximum Gasteiger partial charge on any atom is 0.267 e. The summed E-state index contributed by atoms with van der Waals surface area (Å²) in [4.78, 5) is 23.3. The molecule has 9 nitrogen and oxygen atoms in total. The van der Waals surface area contributed by atoms with Gasteiger partial charge in [-0.05, 0) is 24.3 Å². The number of carbonyl (C=O) groups is 1. The van der Waals surface area contributed by atoms with E-state index >= 15 is 0 Å². The molecule has 162 valence electrons. The van der Waals surface area contributed by atoms with E-state index < -0.39 is 5.82 Å². The summed E-state index contributed by atoms with van der Waals surface area (Å²) in [5, 5.41) is 9.46. The van der Waals surface area contributed by atoms with E-state index in [0.29, 0.717) is 47.3 Å². The highest BCUT2D eigenvalue weighted by molar-refractivity contribution is 6.01. The fourth-order valence-electron chi connectivity index (χ4n) is 3.41. The number of para-hydroxylation sites is 1. The number of fused-ring (bicyclic) bond motifs is 2. The molecule has 2 aromatic heterocycles. The molecule has 4 N–H and O–H groups in total. The van der Waals surface area contributed by atoms with Gasteiger partial charge in [-0.3, -0.25) is 4.79 Å². The van der Waals surface area contributed by atoms with Crippen molar-refractivity contribution >= 4 is 40.0 Å². The van der Waals surface area contributed by atoms with Crippen LogP contribution in [0.2, 0.25) is 0 Å². The molecule has 5 rings (SSSR count). The van der Waals surface area contributed by atoms with Crippen molar-refractivity contribution in [1.29, 1.82) is 0 Å². The second kappa shape index (κ2) is 8.06. The van der Waals surface area contributed by atoms with Crippen molar-refractivity contribution in [2.24, 2.45) is 0 Å². The molecule has 0 radical (unpaired) electrons. The quantitative estimate of drug-likeness (QED) is 0.379. The number of hydrogen-bond donors (Lipinski definition) is 4. The SMILES string of the molecule is CNC(=O)c1cc2cccc(Nc3ncc(F)c(Nc4ccc5c(c4)OCCO5)n3)c2[nH]1. The zero-order chi connectivity index (χ0) is 22.1. The first-order chi connectivity index (χ1) is 15.6. The number of benzene rings is 2. The molecule has 1 aliphatic heterocycles. The van der Waals surface area contributed by atoms with Crippen LogP contribution in [0.25, 0.3) is 10.9 Å². The molecule has 1 aliphatic rings. The predicted octanol–water partition coefficient (Wildman–Crippen LogP) is 3.72. The van der Waals surface area contributed by atoms with E-state index in [-0.39, 0.29) is 17.7 Å². The van der Waals surface area contributed by atoms with E-state index in [1.165, 1.54) is 0 Å². The first-order valence-corrected chi connectivity index (χ1v) is 9.91. The molecular formula is C22H19FN6O3. The smallest absolute Gasteiger partial charge is 0.267 e. The zero-order valence-electron chi connectivity index (χ0n) is 17.0. The average Bonchev–Trinajstić information content (AvgIpc) is 3.26. The number of nitrogens with one attached hydrogen (secondary N) is 4. The van der Waals surface area contributed by atoms with Gasteiger partial charge in [0.2, 0.25) is 5.95 Å². The lowest BCUT2D eigenvalue weighted by molar-refractivity contribution is 0.0959. The van der Waals surface area contributed by atoms with Crippen molar-refractivity contribution in [3.63, 3.8) is 0 Å². The molecule has 32 heavy (non-hydrogen) atoms. The Hall–Kier alpha value is -4.34. The largest absolute Gasteiger partial charge is 0.486 e. The molecule has 0 bridgehead atoms. The minimum Gasteiger partial charge on any atom is -0.486 e. The number of amides is 1. The van der Waals surface area contributed by atoms with E-state index in [4.69, 9.17) is 9.47 Å². The number of halogens is 1. The highest BCUT2D eigenvalue weighted by atomic mass is 19.1. The van der Waals surface area contributed by atoms with E-state index in [1.54, 1.807) is 31.3 Å². The normalized spacial score (nSPS) is 12.4. The molecule has 0 saturated heterocycles. The van der Waals surface area contributed by atoms with Gasteiger partial charge in [-0.15, -0.1) is 0 Å². The molecule has 0 fully saturated rings. The summed E-state index contributed by atoms with van der Waals surface area (Å²) < 4.78 is 25.5. The molecule has 0 aliphatic carbocycles. The Morgan fingerprint density at radius 1 is 1.09 bits per heavy atom. The molecule has 2 aromatic carbocycles. The van der Waals surface area contributed by atoms with Gasteiger partial charge in [0.05, 0.1) is 17.4 Å². The number of H-pyrrole nitrogens is 1. The molecule has 10 heteroatoms. The van der Waals surface area contributed by atoms with Crippen molar-refractivity contribution in [2.45, 2.75) is 0 Å². The number of ether oxygens (including phenoxy) is 2. The van der Waals surface area contributed by atoms with Crippen LogP contribution in [-0.4, -0.2) is 41.1 Å². The Morgan fingerprint density at radius 3 is 2.78 bits per heavy atom. The molecule has 0 saturated carbocycles. The second-order valence-corrected chi connectivity index (χ2v) is 7.03. The molecule has 3 heterocycles. The molecular weight excluding hydrogens is 415 g/mol. The first kappa shape index (κ1) is 19.6. The van der Waals surface area contributed by atoms with Gasteiger partial charge in [0.15, 0.2) is 23.1 Å². The maximum atomic E-state index is 14.4. The monoisotopic (exact) mass is 434 g/mol. The van der Waals surface area contributed by atoms with Gasteiger partial charge in [-0.2, -0.15) is 4.98 Å². The third-order valence-electron chi connectivity index (χ3n) is 4.92. The summed E-state index contributed by atoms with van der Waals surface area (Å²) in [6, 6.07) is 12.5. The van der Waals surface area contributed by atoms with Crippen molar-refractivity contribution in [3.8, 4) is 11.5 Å². The number of rotatable bonds is 5. The highest BCUT2D eigenvalue weighted by Crippen LogP contribution is 2.34. The second-order valence-electron chi connectivity index (χ2n) is 7.03. The highest BCUT2D eigenvalue weighted by Gasteiger charge is 2.15. The summed E-state index contributed by atoms with van der Waals surface area (Å²) in [7, 11) is 1.57. The number of nitrogens with zero attached hydrogens (tertiary/aromatic N) is 2. The van der Waals surface area contributed by atoms with E-state index in [0.717, 1.165) is 11.6 Å². The van der Waals surface area contributed by atoms with E-state index in [1.807, 2.05) is 18.2 Å². The lowest BCUT2D eigenvalue weighted by atomic mass is 10.2. The third kappa shape index (κ3) is 3.73. The van der Waals surface area contributed by atoms with Crippen LogP contribution < -0.4 is 25.4 Å². The maximum absolute atomic E-state index is 14.4. The van der Waals surface area contributed by atoms with Crippen molar-refractivity contribution in [2.75, 3.05) is 30.9 Å². The Labute approximate surface area is 182 Å². The van der Waals surface area contributed by atoms with Crippen LogP contribution in [0.1, 0.15) is 10.5 Å². The fraction of sp³-hybridized carbons (Fsp3) is 0.136. The lowest BCUT2D eigenvalue weighted by Crippen LogP contribution is -2.17. The zero-order valence-corrected chi connectivity index (χ0v) is 17.0. The van der Waals surface area contributed by atoms with Crippen LogP contribution in [-0.2, 0) is 0 Å². The number of aromatic amines is 1. The van der Waals surface area contributed by atoms with Crippen molar-refractivity contribution in [3.05, 3.63) is 60.2 Å². The Kier molecular flexibility index (Phi) is 4.94. The third-order valence-corrected chi connectivity index (χ3v) is 4.92. The van der Waals surface area contributed by atoms with Crippen molar-refractivity contribution in [1.82, 2.24) is 20.3 Å². The average molecular weight is 434 g/mol. The molecule has 4 aromatic rings. The lowest BCUT2D eigenvalue weighted by Gasteiger charge is -2.19. The van der Waals surface area contributed by atoms with Gasteiger partial charge < -0.3 is 30.4 Å². The molecule has 0 spiro atoms. The Morgan fingerprint density at radius 2 is 1.94 bits per heavy atom. The van der Waals surface area contributed by atoms with E-state index in [9.17, 15) is 9.18 Å². The van der Waals surface area contributed by atoms with Crippen LogP contribution in [0.3, 0.4) is 0 Å². The number of anilines is 4. The van der Waals surface area contributed by atoms with Gasteiger partial charge in [0, 0.05) is 24.2 Å². The minimum absolute atomic E-state index is 0.00360. The van der Waals surface area contributed by atoms with Crippen LogP contribution in [0, 0.1) is 5.82 Å². The van der Waals surface area contributed by atoms with Crippen molar-refractivity contribution < 1.29 is 18.7 Å². The number of carbonyl (C=O) groups excluding carboxylic acids is 1. The van der Waals surface area contributed by atoms with Gasteiger partial charge >= 0.3 is 0 Å². The van der Waals surface area contributed by atoms with Crippen LogP contribution in [0.4, 0.5) is 27.5 Å². The van der Waals surface area contributed by atoms with Gasteiger partial charge in [0.1, 0.15) is 18.9 Å². The fourth-order valence-corrected chi connectivity index (χ4v) is 3.41. The van der Waals surface area contributed by atoms with Gasteiger partial charge in [-0.25, -0.2) is 9.37 Å². The predicted molar refractivity (Wildman–Crippen MR) is 118 cm³/mol. The Balaban J connectivity index is 1.42. The number of hydrogen-bond acceptors (Lipinski definition) is 7. The Bertz CT molecular complexity index is 1320. The summed E-state index contributed by atoms with van der Waals surface area (Å²) in [5.41, 5.74) is 2.38. The topological polar surface area (TPSA) is 113 Å². The summed E-state index contributed by atoms with van der Waals surface area (Å²) in [5.74, 6) is 0.585. The van der Waals surface area contributed by atoms with Gasteiger partial charge in [0.25, 0.3) is 5.91 Å². The van der Waals surface area contributed by atoms with E-state index in [2.05, 4.69) is 30.9 Å². The first-order valence-electron chi connectivity index (χ1n) is 9.91. The summed E-state index contributed by atoms with van der Waals surface area (Å²) in [6.45, 7) is 0.950. The summed E-state index contributed by atoms with van der Waals surface area (Å²) >= 11 is 0. The summed E-state index contributed by atoms with van der Waals surface area (Å²) in [6.07, 6.45) is 1.08. The number of aromatic nitrogens is 3. The van der Waals surface area contributed by atoms with Gasteiger partial charge in [-0.1, -0.05) is 12.1 Å². The van der Waals surface area contributed by atoms with Crippen LogP contribution in [0.15, 0.2) is 48.7 Å².